The number of benzene rings is 1. The van der Waals surface area contributed by atoms with Crippen LogP contribution in [-0.4, -0.2) is 65.5 Å². The van der Waals surface area contributed by atoms with Gasteiger partial charge >= 0.3 is 0 Å². The summed E-state index contributed by atoms with van der Waals surface area (Å²) in [6.45, 7) is 2.33. The van der Waals surface area contributed by atoms with Gasteiger partial charge in [0.05, 0.1) is 22.4 Å². The summed E-state index contributed by atoms with van der Waals surface area (Å²) in [7, 11) is -7.40. The van der Waals surface area contributed by atoms with Crippen LogP contribution in [0.15, 0.2) is 53.8 Å². The van der Waals surface area contributed by atoms with Crippen molar-refractivity contribution in [3.05, 3.63) is 65.3 Å². The molecule has 4 heterocycles. The van der Waals surface area contributed by atoms with Gasteiger partial charge in [0, 0.05) is 42.5 Å². The molecule has 0 unspecified atom stereocenters. The standard InChI is InChI=1S/C23H22ClFN6O4S2/c1-14-3-5-17(6-4-14)37(34,35)31-13-19(18-9-15(24)10-27-23(18)31)21-26-11-20(25)22(29-21)28-16-7-8-30(12-16)36(2,32)33/h3-6,9-11,13,16H,7-8,12H2,1-2H3,(H,26,28,29)/t16-/m0/s1. The molecule has 1 fully saturated rings. The van der Waals surface area contributed by atoms with Crippen LogP contribution < -0.4 is 5.32 Å². The van der Waals surface area contributed by atoms with Crippen LogP contribution in [-0.2, 0) is 20.0 Å². The molecule has 0 spiro atoms. The van der Waals surface area contributed by atoms with Gasteiger partial charge in [0.1, 0.15) is 0 Å². The number of sulfonamides is 1. The summed E-state index contributed by atoms with van der Waals surface area (Å²) < 4.78 is 67.6. The molecule has 4 aromatic rings. The number of hydrogen-bond acceptors (Lipinski definition) is 8. The maximum absolute atomic E-state index is 14.6. The zero-order chi connectivity index (χ0) is 26.5. The van der Waals surface area contributed by atoms with Crippen LogP contribution in [0.25, 0.3) is 22.4 Å². The van der Waals surface area contributed by atoms with Crippen molar-refractivity contribution in [1.29, 1.82) is 0 Å². The van der Waals surface area contributed by atoms with Gasteiger partial charge in [0.15, 0.2) is 23.1 Å². The fraction of sp³-hybridized carbons (Fsp3) is 0.261. The highest BCUT2D eigenvalue weighted by Crippen LogP contribution is 2.33. The van der Waals surface area contributed by atoms with Gasteiger partial charge in [-0.05, 0) is 31.5 Å². The monoisotopic (exact) mass is 564 g/mol. The van der Waals surface area contributed by atoms with E-state index in [1.807, 2.05) is 6.92 Å². The number of halogens is 2. The van der Waals surface area contributed by atoms with Crippen LogP contribution in [0.3, 0.4) is 0 Å². The highest BCUT2D eigenvalue weighted by Gasteiger charge is 2.30. The number of aromatic nitrogens is 4. The van der Waals surface area contributed by atoms with Gasteiger partial charge in [-0.1, -0.05) is 29.3 Å². The van der Waals surface area contributed by atoms with Crippen LogP contribution in [0.4, 0.5) is 10.2 Å². The van der Waals surface area contributed by atoms with Crippen LogP contribution in [0.5, 0.6) is 0 Å². The summed E-state index contributed by atoms with van der Waals surface area (Å²) >= 11 is 6.17. The van der Waals surface area contributed by atoms with Crippen molar-refractivity contribution in [2.24, 2.45) is 0 Å². The molecular weight excluding hydrogens is 543 g/mol. The highest BCUT2D eigenvalue weighted by atomic mass is 35.5. The topological polar surface area (TPSA) is 127 Å². The largest absolute Gasteiger partial charge is 0.363 e. The molecule has 1 saturated heterocycles. The summed E-state index contributed by atoms with van der Waals surface area (Å²) in [4.78, 5) is 12.7. The molecule has 10 nitrogen and oxygen atoms in total. The lowest BCUT2D eigenvalue weighted by atomic mass is 10.2. The minimum atomic E-state index is -4.04. The third kappa shape index (κ3) is 4.91. The average molecular weight is 565 g/mol. The van der Waals surface area contributed by atoms with Gasteiger partial charge < -0.3 is 5.32 Å². The molecular formula is C23H22ClFN6O4S2. The first-order valence-electron chi connectivity index (χ1n) is 11.2. The normalized spacial score (nSPS) is 16.9. The van der Waals surface area contributed by atoms with Crippen LogP contribution in [0.2, 0.25) is 5.02 Å². The summed E-state index contributed by atoms with van der Waals surface area (Å²) in [5.41, 5.74) is 1.30. The quantitative estimate of drug-likeness (QED) is 0.378. The maximum Gasteiger partial charge on any atom is 0.269 e. The molecule has 0 bridgehead atoms. The Morgan fingerprint density at radius 3 is 2.51 bits per heavy atom. The predicted molar refractivity (Wildman–Crippen MR) is 138 cm³/mol. The minimum Gasteiger partial charge on any atom is -0.363 e. The second kappa shape index (κ2) is 9.31. The first kappa shape index (κ1) is 25.5. The van der Waals surface area contributed by atoms with E-state index in [9.17, 15) is 21.2 Å². The SMILES string of the molecule is Cc1ccc(S(=O)(=O)n2cc(-c3ncc(F)c(N[C@H]4CCN(S(C)(=O)=O)C4)n3)c3cc(Cl)cnc32)cc1. The van der Waals surface area contributed by atoms with E-state index in [0.717, 1.165) is 22.0 Å². The van der Waals surface area contributed by atoms with E-state index in [1.54, 1.807) is 18.2 Å². The maximum atomic E-state index is 14.6. The smallest absolute Gasteiger partial charge is 0.269 e. The first-order valence-corrected chi connectivity index (χ1v) is 14.8. The highest BCUT2D eigenvalue weighted by molar-refractivity contribution is 7.90. The number of pyridine rings is 1. The van der Waals surface area contributed by atoms with Gasteiger partial charge in [-0.15, -0.1) is 0 Å². The molecule has 0 aliphatic carbocycles. The molecule has 194 valence electrons. The van der Waals surface area contributed by atoms with Crippen molar-refractivity contribution in [2.75, 3.05) is 24.7 Å². The Labute approximate surface area is 218 Å². The Kier molecular flexibility index (Phi) is 6.42. The molecule has 0 saturated carbocycles. The van der Waals surface area contributed by atoms with E-state index < -0.39 is 25.9 Å². The molecule has 3 aromatic heterocycles. The molecule has 1 aromatic carbocycles. The van der Waals surface area contributed by atoms with Gasteiger partial charge in [0.25, 0.3) is 10.0 Å². The summed E-state index contributed by atoms with van der Waals surface area (Å²) in [5.74, 6) is -0.801. The van der Waals surface area contributed by atoms with Crippen molar-refractivity contribution in [1.82, 2.24) is 23.2 Å². The van der Waals surface area contributed by atoms with Crippen molar-refractivity contribution < 1.29 is 21.2 Å². The Hall–Kier alpha value is -3.13. The lowest BCUT2D eigenvalue weighted by Crippen LogP contribution is -2.31. The van der Waals surface area contributed by atoms with Crippen molar-refractivity contribution >= 4 is 48.5 Å². The molecule has 37 heavy (non-hydrogen) atoms. The van der Waals surface area contributed by atoms with E-state index in [0.29, 0.717) is 18.4 Å². The molecule has 1 aliphatic heterocycles. The molecule has 1 aliphatic rings. The Balaban J connectivity index is 1.57. The molecule has 0 amide bonds. The van der Waals surface area contributed by atoms with E-state index in [1.165, 1.54) is 28.8 Å². The van der Waals surface area contributed by atoms with Crippen molar-refractivity contribution in [3.63, 3.8) is 0 Å². The number of aryl methyl sites for hydroxylation is 1. The zero-order valence-electron chi connectivity index (χ0n) is 19.8. The Morgan fingerprint density at radius 1 is 1.11 bits per heavy atom. The zero-order valence-corrected chi connectivity index (χ0v) is 22.1. The lowest BCUT2D eigenvalue weighted by Gasteiger charge is -2.15. The van der Waals surface area contributed by atoms with Crippen LogP contribution in [0.1, 0.15) is 12.0 Å². The average Bonchev–Trinajstić information content (AvgIpc) is 3.46. The fourth-order valence-corrected chi connectivity index (χ4v) is 6.55. The molecule has 0 radical (unpaired) electrons. The number of fused-ring (bicyclic) bond motifs is 1. The number of anilines is 1. The molecule has 14 heteroatoms. The molecule has 5 rings (SSSR count). The minimum absolute atomic E-state index is 0.0498. The predicted octanol–water partition coefficient (Wildman–Crippen LogP) is 3.28. The number of hydrogen-bond donors (Lipinski definition) is 1. The van der Waals surface area contributed by atoms with E-state index in [-0.39, 0.29) is 45.4 Å². The van der Waals surface area contributed by atoms with Gasteiger partial charge in [-0.2, -0.15) is 0 Å². The van der Waals surface area contributed by atoms with Crippen molar-refractivity contribution in [2.45, 2.75) is 24.3 Å². The summed E-state index contributed by atoms with van der Waals surface area (Å²) in [5, 5.41) is 3.59. The third-order valence-corrected chi connectivity index (χ3v) is 9.24. The summed E-state index contributed by atoms with van der Waals surface area (Å²) in [6, 6.07) is 7.58. The number of rotatable bonds is 6. The Bertz CT molecular complexity index is 1730. The van der Waals surface area contributed by atoms with Crippen molar-refractivity contribution in [3.8, 4) is 11.4 Å². The second-order valence-corrected chi connectivity index (χ2v) is 13.1. The Morgan fingerprint density at radius 2 is 1.84 bits per heavy atom. The van der Waals surface area contributed by atoms with Gasteiger partial charge in [0.2, 0.25) is 10.0 Å². The number of nitrogens with zero attached hydrogens (tertiary/aromatic N) is 5. The van der Waals surface area contributed by atoms with E-state index in [4.69, 9.17) is 11.6 Å². The first-order chi connectivity index (χ1) is 17.4. The lowest BCUT2D eigenvalue weighted by molar-refractivity contribution is 0.480. The molecule has 1 atom stereocenters. The summed E-state index contributed by atoms with van der Waals surface area (Å²) in [6.07, 6.45) is 5.24. The third-order valence-electron chi connectivity index (χ3n) is 6.10. The molecule has 1 N–H and O–H groups in total. The second-order valence-electron chi connectivity index (χ2n) is 8.82. The van der Waals surface area contributed by atoms with Gasteiger partial charge in [-0.3, -0.25) is 0 Å². The van der Waals surface area contributed by atoms with E-state index in [2.05, 4.69) is 20.3 Å². The van der Waals surface area contributed by atoms with E-state index >= 15 is 0 Å². The number of nitrogens with one attached hydrogen (secondary N) is 1. The van der Waals surface area contributed by atoms with Crippen LogP contribution in [0, 0.1) is 12.7 Å². The van der Waals surface area contributed by atoms with Gasteiger partial charge in [-0.25, -0.2) is 44.5 Å². The van der Waals surface area contributed by atoms with Crippen LogP contribution >= 0.6 is 11.6 Å². The fourth-order valence-electron chi connectivity index (χ4n) is 4.18.